The van der Waals surface area contributed by atoms with E-state index in [0.717, 1.165) is 72.4 Å². The fourth-order valence-electron chi connectivity index (χ4n) is 8.08. The minimum Gasteiger partial charge on any atom is -0.309 e. The Bertz CT molecular complexity index is 3110. The van der Waals surface area contributed by atoms with Gasteiger partial charge in [0, 0.05) is 38.4 Å². The van der Waals surface area contributed by atoms with Crippen LogP contribution in [0.15, 0.2) is 182 Å². The molecule has 4 heterocycles. The van der Waals surface area contributed by atoms with Crippen molar-refractivity contribution in [3.8, 4) is 39.3 Å². The molecule has 0 aliphatic heterocycles. The molecular formula is C48H30N4. The van der Waals surface area contributed by atoms with E-state index in [-0.39, 0.29) is 0 Å². The summed E-state index contributed by atoms with van der Waals surface area (Å²) in [4.78, 5) is 10.4. The molecule has 4 nitrogen and oxygen atoms in total. The minimum absolute atomic E-state index is 0.936. The van der Waals surface area contributed by atoms with Crippen molar-refractivity contribution in [3.05, 3.63) is 182 Å². The average molecular weight is 663 g/mol. The standard InChI is InChI=1S/C48H30N4/c1-3-14-31(15-4-1)34-27-42(32-16-5-2-6-17-32)49-43(28-34)33-18-13-19-35(26-33)51-44-24-11-9-21-37(44)40-29-39-36-20-7-8-22-38(36)48-50-41-23-10-12-25-45(41)52(48)47(39)30-46(40)51/h1-30H. The maximum atomic E-state index is 5.25. The molecule has 0 atom stereocenters. The molecular weight excluding hydrogens is 633 g/mol. The van der Waals surface area contributed by atoms with E-state index in [1.807, 2.05) is 6.07 Å². The molecule has 0 bridgehead atoms. The number of hydrogen-bond donors (Lipinski definition) is 0. The lowest BCUT2D eigenvalue weighted by molar-refractivity contribution is 1.18. The van der Waals surface area contributed by atoms with Crippen molar-refractivity contribution in [2.75, 3.05) is 0 Å². The molecule has 0 saturated heterocycles. The van der Waals surface area contributed by atoms with Crippen LogP contribution < -0.4 is 0 Å². The van der Waals surface area contributed by atoms with Crippen molar-refractivity contribution in [2.45, 2.75) is 0 Å². The third kappa shape index (κ3) is 4.34. The lowest BCUT2D eigenvalue weighted by atomic mass is 10.00. The molecule has 0 N–H and O–H groups in total. The first-order valence-electron chi connectivity index (χ1n) is 17.7. The van der Waals surface area contributed by atoms with Crippen LogP contribution in [-0.4, -0.2) is 18.9 Å². The number of pyridine rings is 2. The van der Waals surface area contributed by atoms with E-state index in [4.69, 9.17) is 9.97 Å². The van der Waals surface area contributed by atoms with Crippen LogP contribution in [0.5, 0.6) is 0 Å². The third-order valence-electron chi connectivity index (χ3n) is 10.5. The Hall–Kier alpha value is -7.04. The molecule has 0 radical (unpaired) electrons. The maximum Gasteiger partial charge on any atom is 0.146 e. The fourth-order valence-corrected chi connectivity index (χ4v) is 8.08. The molecule has 0 spiro atoms. The summed E-state index contributed by atoms with van der Waals surface area (Å²) in [7, 11) is 0. The molecule has 0 fully saturated rings. The van der Waals surface area contributed by atoms with Crippen molar-refractivity contribution in [1.29, 1.82) is 0 Å². The van der Waals surface area contributed by atoms with Crippen LogP contribution in [0.25, 0.3) is 99.5 Å². The summed E-state index contributed by atoms with van der Waals surface area (Å²) in [5.74, 6) is 0. The number of aromatic nitrogens is 4. The average Bonchev–Trinajstić information content (AvgIpc) is 3.77. The van der Waals surface area contributed by atoms with Crippen LogP contribution in [-0.2, 0) is 0 Å². The highest BCUT2D eigenvalue weighted by atomic mass is 15.0. The quantitative estimate of drug-likeness (QED) is 0.176. The first kappa shape index (κ1) is 28.8. The molecule has 4 aromatic heterocycles. The lowest BCUT2D eigenvalue weighted by Crippen LogP contribution is -1.97. The van der Waals surface area contributed by atoms with E-state index in [2.05, 4.69) is 185 Å². The number of imidazole rings is 1. The Balaban J connectivity index is 1.19. The zero-order valence-electron chi connectivity index (χ0n) is 28.1. The fraction of sp³-hybridized carbons (Fsp3) is 0. The number of para-hydroxylation sites is 3. The summed E-state index contributed by atoms with van der Waals surface area (Å²) in [5, 5.41) is 6.02. The van der Waals surface area contributed by atoms with Crippen LogP contribution in [0.4, 0.5) is 0 Å². The molecule has 0 aliphatic carbocycles. The maximum absolute atomic E-state index is 5.25. The summed E-state index contributed by atoms with van der Waals surface area (Å²) in [6.07, 6.45) is 0. The normalized spacial score (nSPS) is 11.8. The molecule has 0 aliphatic rings. The van der Waals surface area contributed by atoms with Crippen molar-refractivity contribution in [2.24, 2.45) is 0 Å². The van der Waals surface area contributed by atoms with Gasteiger partial charge in [0.2, 0.25) is 0 Å². The van der Waals surface area contributed by atoms with Gasteiger partial charge in [0.05, 0.1) is 39.0 Å². The monoisotopic (exact) mass is 662 g/mol. The molecule has 11 aromatic rings. The largest absolute Gasteiger partial charge is 0.309 e. The Morgan fingerprint density at radius 3 is 1.75 bits per heavy atom. The molecule has 0 amide bonds. The zero-order chi connectivity index (χ0) is 34.2. The van der Waals surface area contributed by atoms with Gasteiger partial charge in [-0.1, -0.05) is 127 Å². The van der Waals surface area contributed by atoms with Crippen molar-refractivity contribution in [1.82, 2.24) is 18.9 Å². The molecule has 7 aromatic carbocycles. The van der Waals surface area contributed by atoms with Crippen molar-refractivity contribution in [3.63, 3.8) is 0 Å². The van der Waals surface area contributed by atoms with E-state index < -0.39 is 0 Å². The number of hydrogen-bond acceptors (Lipinski definition) is 2. The summed E-state index contributed by atoms with van der Waals surface area (Å²) < 4.78 is 4.75. The van der Waals surface area contributed by atoms with Gasteiger partial charge in [0.25, 0.3) is 0 Å². The van der Waals surface area contributed by atoms with Gasteiger partial charge in [-0.25, -0.2) is 9.97 Å². The second-order valence-electron chi connectivity index (χ2n) is 13.5. The van der Waals surface area contributed by atoms with E-state index in [9.17, 15) is 0 Å². The molecule has 52 heavy (non-hydrogen) atoms. The van der Waals surface area contributed by atoms with E-state index in [1.165, 1.54) is 27.1 Å². The second kappa shape index (κ2) is 11.2. The highest BCUT2D eigenvalue weighted by Crippen LogP contribution is 2.40. The number of rotatable bonds is 4. The molecule has 4 heteroatoms. The van der Waals surface area contributed by atoms with E-state index in [0.29, 0.717) is 0 Å². The predicted octanol–water partition coefficient (Wildman–Crippen LogP) is 12.3. The third-order valence-corrected chi connectivity index (χ3v) is 10.5. The molecule has 11 rings (SSSR count). The van der Waals surface area contributed by atoms with Crippen LogP contribution in [0.3, 0.4) is 0 Å². The van der Waals surface area contributed by atoms with Gasteiger partial charge in [-0.05, 0) is 71.1 Å². The summed E-state index contributed by atoms with van der Waals surface area (Å²) in [5.41, 5.74) is 14.0. The SMILES string of the molecule is c1ccc(-c2cc(-c3ccccc3)nc(-c3cccc(-n4c5ccccc5c5cc6c7ccccc7c7nc8ccccc8n7c6cc54)c3)c2)cc1. The highest BCUT2D eigenvalue weighted by molar-refractivity contribution is 6.20. The van der Waals surface area contributed by atoms with Gasteiger partial charge in [-0.15, -0.1) is 0 Å². The molecule has 0 unspecified atom stereocenters. The molecule has 242 valence electrons. The van der Waals surface area contributed by atoms with Crippen LogP contribution >= 0.6 is 0 Å². The number of benzene rings is 7. The summed E-state index contributed by atoms with van der Waals surface area (Å²) >= 11 is 0. The van der Waals surface area contributed by atoms with Gasteiger partial charge in [0.1, 0.15) is 5.65 Å². The topological polar surface area (TPSA) is 35.1 Å². The van der Waals surface area contributed by atoms with E-state index in [1.54, 1.807) is 0 Å². The number of nitrogens with zero attached hydrogens (tertiary/aromatic N) is 4. The highest BCUT2D eigenvalue weighted by Gasteiger charge is 2.19. The smallest absolute Gasteiger partial charge is 0.146 e. The summed E-state index contributed by atoms with van der Waals surface area (Å²) in [6.45, 7) is 0. The first-order valence-corrected chi connectivity index (χ1v) is 17.7. The Kier molecular flexibility index (Phi) is 6.22. The van der Waals surface area contributed by atoms with Gasteiger partial charge in [0.15, 0.2) is 0 Å². The zero-order valence-corrected chi connectivity index (χ0v) is 28.1. The van der Waals surface area contributed by atoms with Crippen LogP contribution in [0.2, 0.25) is 0 Å². The molecule has 0 saturated carbocycles. The minimum atomic E-state index is 0.936. The summed E-state index contributed by atoms with van der Waals surface area (Å²) in [6, 6.07) is 64.9. The second-order valence-corrected chi connectivity index (χ2v) is 13.5. The Morgan fingerprint density at radius 2 is 0.942 bits per heavy atom. The first-order chi connectivity index (χ1) is 25.8. The lowest BCUT2D eigenvalue weighted by Gasteiger charge is -2.14. The Labute approximate surface area is 299 Å². The van der Waals surface area contributed by atoms with Crippen molar-refractivity contribution < 1.29 is 0 Å². The van der Waals surface area contributed by atoms with Gasteiger partial charge >= 0.3 is 0 Å². The number of fused-ring (bicyclic) bond motifs is 11. The predicted molar refractivity (Wildman–Crippen MR) is 216 cm³/mol. The van der Waals surface area contributed by atoms with Crippen LogP contribution in [0, 0.1) is 0 Å². The van der Waals surface area contributed by atoms with Gasteiger partial charge in [-0.2, -0.15) is 0 Å². The Morgan fingerprint density at radius 1 is 0.327 bits per heavy atom. The van der Waals surface area contributed by atoms with Gasteiger partial charge in [-0.3, -0.25) is 4.40 Å². The van der Waals surface area contributed by atoms with Gasteiger partial charge < -0.3 is 4.57 Å². The van der Waals surface area contributed by atoms with Crippen molar-refractivity contribution >= 4 is 60.2 Å². The van der Waals surface area contributed by atoms with Crippen LogP contribution in [0.1, 0.15) is 0 Å². The van der Waals surface area contributed by atoms with E-state index >= 15 is 0 Å².